The summed E-state index contributed by atoms with van der Waals surface area (Å²) < 4.78 is 0. The fourth-order valence-corrected chi connectivity index (χ4v) is 4.82. The van der Waals surface area contributed by atoms with Crippen molar-refractivity contribution in [1.29, 1.82) is 0 Å². The van der Waals surface area contributed by atoms with Crippen LogP contribution in [0.25, 0.3) is 0 Å². The molecule has 0 saturated heterocycles. The molecular weight excluding hydrogens is 690 g/mol. The SMILES string of the molecule is CC(C(=O)C(C)(C)C)N(C)C(=O)N(C)CCN.CC(C(=O)C(C)(C)C)N(C)C(=O)N(C)CCN(C)C.CNCCN(C)C(=O)N(C)C(C)C(=O)C(C)(C)C. The second-order valence-electron chi connectivity index (χ2n) is 17.5. The Hall–Kier alpha value is -3.30. The third kappa shape index (κ3) is 19.9. The van der Waals surface area contributed by atoms with Gasteiger partial charge in [-0.05, 0) is 41.9 Å². The van der Waals surface area contributed by atoms with Gasteiger partial charge in [0, 0.05) is 97.8 Å². The summed E-state index contributed by atoms with van der Waals surface area (Å²) in [6.45, 7) is 25.8. The predicted octanol–water partition coefficient (Wildman–Crippen LogP) is 3.66. The Bertz CT molecular complexity index is 1190. The smallest absolute Gasteiger partial charge is 0.320 e. The minimum absolute atomic E-state index is 0.0505. The van der Waals surface area contributed by atoms with Gasteiger partial charge in [0.25, 0.3) is 0 Å². The van der Waals surface area contributed by atoms with Crippen LogP contribution in [0.5, 0.6) is 0 Å². The van der Waals surface area contributed by atoms with E-state index >= 15 is 0 Å². The summed E-state index contributed by atoms with van der Waals surface area (Å²) in [5, 5.41) is 2.99. The summed E-state index contributed by atoms with van der Waals surface area (Å²) in [6.07, 6.45) is 0. The molecule has 54 heavy (non-hydrogen) atoms. The molecule has 6 amide bonds. The van der Waals surface area contributed by atoms with E-state index in [4.69, 9.17) is 5.73 Å². The van der Waals surface area contributed by atoms with Crippen LogP contribution in [0.1, 0.15) is 83.1 Å². The second-order valence-corrected chi connectivity index (χ2v) is 17.5. The number of Topliss-reactive ketones (excluding diaryl/α,β-unsaturated/α-hetero) is 3. The first kappa shape index (κ1) is 55.0. The first-order chi connectivity index (χ1) is 24.2. The molecule has 0 aromatic heterocycles. The van der Waals surface area contributed by atoms with Gasteiger partial charge in [-0.15, -0.1) is 0 Å². The molecule has 0 fully saturated rings. The summed E-state index contributed by atoms with van der Waals surface area (Å²) in [4.78, 5) is 83.9. The maximum atomic E-state index is 12.2. The minimum atomic E-state index is -0.444. The van der Waals surface area contributed by atoms with Gasteiger partial charge >= 0.3 is 18.1 Å². The van der Waals surface area contributed by atoms with Gasteiger partial charge in [0.15, 0.2) is 17.3 Å². The van der Waals surface area contributed by atoms with Gasteiger partial charge in [0.2, 0.25) is 0 Å². The van der Waals surface area contributed by atoms with Crippen molar-refractivity contribution in [3.8, 4) is 0 Å². The Kier molecular flexibility index (Phi) is 24.7. The topological polar surface area (TPSA) is 163 Å². The van der Waals surface area contributed by atoms with Crippen molar-refractivity contribution in [3.63, 3.8) is 0 Å². The Labute approximate surface area is 329 Å². The van der Waals surface area contributed by atoms with Gasteiger partial charge in [-0.3, -0.25) is 14.4 Å². The first-order valence-electron chi connectivity index (χ1n) is 18.8. The Balaban J connectivity index is -0.000000724. The van der Waals surface area contributed by atoms with Crippen molar-refractivity contribution in [1.82, 2.24) is 39.6 Å². The highest BCUT2D eigenvalue weighted by Gasteiger charge is 2.34. The van der Waals surface area contributed by atoms with E-state index < -0.39 is 34.4 Å². The van der Waals surface area contributed by atoms with E-state index in [1.807, 2.05) is 88.4 Å². The largest absolute Gasteiger partial charge is 0.329 e. The third-order valence-corrected chi connectivity index (χ3v) is 9.03. The van der Waals surface area contributed by atoms with Gasteiger partial charge in [-0.25, -0.2) is 14.4 Å². The van der Waals surface area contributed by atoms with E-state index in [1.54, 1.807) is 72.9 Å². The number of nitrogens with zero attached hydrogens (tertiary/aromatic N) is 7. The highest BCUT2D eigenvalue weighted by molar-refractivity contribution is 5.93. The average molecular weight is 772 g/mol. The van der Waals surface area contributed by atoms with Crippen molar-refractivity contribution in [2.75, 3.05) is 103 Å². The standard InChI is InChI=1S/C14H29N3O2.C13H27N3O2.C12H25N3O2/c1-11(12(18)14(2,3)4)17(8)13(19)16(7)10-9-15(5)6;1-10(11(17)13(2,3)4)16(7)12(18)15(6)9-8-14-5;1-9(10(16)12(2,3)4)15(6)11(17)14(5)8-7-13/h11H,9-10H2,1-8H3;10,14H,8-9H2,1-7H3;9H,7-8,13H2,1-6H3. The maximum absolute atomic E-state index is 12.2. The van der Waals surface area contributed by atoms with Crippen LogP contribution in [0.15, 0.2) is 0 Å². The summed E-state index contributed by atoms with van der Waals surface area (Å²) in [7, 11) is 16.0. The second kappa shape index (κ2) is 24.3. The van der Waals surface area contributed by atoms with E-state index in [-0.39, 0.29) is 35.4 Å². The number of likely N-dealkylation sites (N-methyl/N-ethyl adjacent to an activating group) is 8. The number of urea groups is 3. The maximum Gasteiger partial charge on any atom is 0.320 e. The molecule has 0 saturated carbocycles. The monoisotopic (exact) mass is 772 g/mol. The van der Waals surface area contributed by atoms with Crippen molar-refractivity contribution < 1.29 is 28.8 Å². The Morgan fingerprint density at radius 2 is 0.741 bits per heavy atom. The highest BCUT2D eigenvalue weighted by Crippen LogP contribution is 2.21. The lowest BCUT2D eigenvalue weighted by Crippen LogP contribution is -2.50. The normalized spacial score (nSPS) is 13.2. The number of amides is 6. The van der Waals surface area contributed by atoms with Gasteiger partial charge in [0.05, 0.1) is 18.1 Å². The molecule has 0 radical (unpaired) electrons. The van der Waals surface area contributed by atoms with Crippen LogP contribution in [0.2, 0.25) is 0 Å². The van der Waals surface area contributed by atoms with Crippen molar-refractivity contribution in [2.24, 2.45) is 22.0 Å². The third-order valence-electron chi connectivity index (χ3n) is 9.03. The molecule has 3 N–H and O–H groups in total. The van der Waals surface area contributed by atoms with E-state index in [1.165, 1.54) is 19.6 Å². The Morgan fingerprint density at radius 3 is 0.963 bits per heavy atom. The lowest BCUT2D eigenvalue weighted by Gasteiger charge is -2.32. The Morgan fingerprint density at radius 1 is 0.481 bits per heavy atom. The summed E-state index contributed by atoms with van der Waals surface area (Å²) in [5.41, 5.74) is 4.08. The number of carbonyl (C=O) groups is 6. The zero-order chi connectivity index (χ0) is 43.7. The molecule has 0 aromatic carbocycles. The molecule has 0 rings (SSSR count). The summed E-state index contributed by atoms with van der Waals surface area (Å²) in [5.74, 6) is 0.194. The van der Waals surface area contributed by atoms with Crippen molar-refractivity contribution in [3.05, 3.63) is 0 Å². The van der Waals surface area contributed by atoms with Gasteiger partial charge < -0.3 is 45.3 Å². The molecule has 3 atom stereocenters. The lowest BCUT2D eigenvalue weighted by atomic mass is 9.86. The molecule has 0 spiro atoms. The average Bonchev–Trinajstić information content (AvgIpc) is 3.07. The number of carbonyl (C=O) groups excluding carboxylic acids is 6. The molecule has 0 aliphatic rings. The first-order valence-corrected chi connectivity index (χ1v) is 18.8. The van der Waals surface area contributed by atoms with Crippen molar-refractivity contribution >= 4 is 35.4 Å². The van der Waals surface area contributed by atoms with Crippen molar-refractivity contribution in [2.45, 2.75) is 101 Å². The molecular formula is C39H81N9O6. The van der Waals surface area contributed by atoms with Gasteiger partial charge in [0.1, 0.15) is 0 Å². The van der Waals surface area contributed by atoms with Crippen LogP contribution in [0, 0.1) is 16.2 Å². The minimum Gasteiger partial charge on any atom is -0.329 e. The number of nitrogens with one attached hydrogen (secondary N) is 1. The fraction of sp³-hybridized carbons (Fsp3) is 0.846. The highest BCUT2D eigenvalue weighted by atomic mass is 16.2. The van der Waals surface area contributed by atoms with Crippen LogP contribution in [0.3, 0.4) is 0 Å². The molecule has 318 valence electrons. The zero-order valence-electron chi connectivity index (χ0n) is 38.1. The molecule has 15 heteroatoms. The number of ketones is 3. The quantitative estimate of drug-likeness (QED) is 0.269. The molecule has 15 nitrogen and oxygen atoms in total. The number of nitrogens with two attached hydrogens (primary N) is 1. The molecule has 0 bridgehead atoms. The fourth-order valence-electron chi connectivity index (χ4n) is 4.82. The molecule has 0 aromatic rings. The number of hydrogen-bond donors (Lipinski definition) is 2. The molecule has 3 unspecified atom stereocenters. The van der Waals surface area contributed by atoms with E-state index in [2.05, 4.69) is 5.32 Å². The summed E-state index contributed by atoms with van der Waals surface area (Å²) >= 11 is 0. The molecule has 0 aliphatic carbocycles. The van der Waals surface area contributed by atoms with E-state index in [9.17, 15) is 28.8 Å². The summed E-state index contributed by atoms with van der Waals surface area (Å²) in [6, 6.07) is -1.67. The van der Waals surface area contributed by atoms with Gasteiger partial charge in [-0.1, -0.05) is 62.3 Å². The van der Waals surface area contributed by atoms with Crippen LogP contribution in [-0.2, 0) is 14.4 Å². The zero-order valence-corrected chi connectivity index (χ0v) is 38.1. The molecule has 0 aliphatic heterocycles. The van der Waals surface area contributed by atoms with Crippen LogP contribution in [0.4, 0.5) is 14.4 Å². The van der Waals surface area contributed by atoms with Crippen LogP contribution < -0.4 is 11.1 Å². The van der Waals surface area contributed by atoms with Crippen LogP contribution >= 0.6 is 0 Å². The van der Waals surface area contributed by atoms with E-state index in [0.29, 0.717) is 26.2 Å². The van der Waals surface area contributed by atoms with E-state index in [0.717, 1.165) is 13.1 Å². The van der Waals surface area contributed by atoms with Crippen LogP contribution in [-0.4, -0.2) is 191 Å². The number of hydrogen-bond acceptors (Lipinski definition) is 9. The van der Waals surface area contributed by atoms with Gasteiger partial charge in [-0.2, -0.15) is 0 Å². The lowest BCUT2D eigenvalue weighted by molar-refractivity contribution is -0.130. The predicted molar refractivity (Wildman–Crippen MR) is 221 cm³/mol. The molecule has 0 heterocycles. The number of rotatable bonds is 14.